The second kappa shape index (κ2) is 8.22. The molecule has 0 atom stereocenters. The second-order valence-corrected chi connectivity index (χ2v) is 6.28. The summed E-state index contributed by atoms with van der Waals surface area (Å²) in [6.07, 6.45) is 3.54. The molecule has 1 N–H and O–H groups in total. The van der Waals surface area contributed by atoms with Crippen molar-refractivity contribution in [2.45, 2.75) is 33.7 Å². The zero-order valence-electron chi connectivity index (χ0n) is 14.9. The minimum Gasteiger partial charge on any atom is -0.471 e. The molecule has 0 fully saturated rings. The van der Waals surface area contributed by atoms with Crippen molar-refractivity contribution in [3.8, 4) is 5.75 Å². The van der Waals surface area contributed by atoms with Crippen LogP contribution >= 0.6 is 11.6 Å². The van der Waals surface area contributed by atoms with E-state index >= 15 is 0 Å². The van der Waals surface area contributed by atoms with E-state index in [9.17, 15) is 9.18 Å². The summed E-state index contributed by atoms with van der Waals surface area (Å²) >= 11 is 5.71. The fraction of sp³-hybridized carbons (Fsp3) is 0.278. The molecule has 1 amide bonds. The Balaban J connectivity index is 1.55. The van der Waals surface area contributed by atoms with E-state index in [-0.39, 0.29) is 23.4 Å². The van der Waals surface area contributed by atoms with Gasteiger partial charge >= 0.3 is 0 Å². The highest BCUT2D eigenvalue weighted by molar-refractivity contribution is 6.30. The standard InChI is InChI=1S/C18H19ClFN5O2/c1-3-24-10-13(12(2)22-24)9-21-18(26)17-6-7-25(23-17)11-27-14-4-5-16(20)15(19)8-14/h4-8,10H,3,9,11H2,1-2H3,(H,21,26). The molecule has 3 rings (SSSR count). The molecule has 9 heteroatoms. The van der Waals surface area contributed by atoms with Crippen LogP contribution in [-0.4, -0.2) is 25.5 Å². The molecular formula is C18H19ClFN5O2. The van der Waals surface area contributed by atoms with Crippen LogP contribution in [0.1, 0.15) is 28.7 Å². The molecule has 2 heterocycles. The first-order valence-electron chi connectivity index (χ1n) is 8.38. The number of benzene rings is 1. The molecule has 0 aliphatic heterocycles. The van der Waals surface area contributed by atoms with E-state index in [1.165, 1.54) is 22.9 Å². The van der Waals surface area contributed by atoms with Gasteiger partial charge in [-0.05, 0) is 32.0 Å². The predicted molar refractivity (Wildman–Crippen MR) is 98.1 cm³/mol. The number of ether oxygens (including phenoxy) is 1. The highest BCUT2D eigenvalue weighted by Crippen LogP contribution is 2.21. The quantitative estimate of drug-likeness (QED) is 0.671. The number of halogens is 2. The number of carbonyl (C=O) groups is 1. The average Bonchev–Trinajstić information content (AvgIpc) is 3.27. The van der Waals surface area contributed by atoms with E-state index in [4.69, 9.17) is 16.3 Å². The molecule has 2 aromatic heterocycles. The first-order valence-corrected chi connectivity index (χ1v) is 8.76. The number of aromatic nitrogens is 4. The zero-order valence-corrected chi connectivity index (χ0v) is 15.7. The lowest BCUT2D eigenvalue weighted by molar-refractivity contribution is 0.0944. The van der Waals surface area contributed by atoms with Crippen molar-refractivity contribution in [3.05, 3.63) is 64.5 Å². The highest BCUT2D eigenvalue weighted by Gasteiger charge is 2.11. The van der Waals surface area contributed by atoms with Gasteiger partial charge in [-0.1, -0.05) is 11.6 Å². The lowest BCUT2D eigenvalue weighted by atomic mass is 10.2. The van der Waals surface area contributed by atoms with Crippen LogP contribution in [0.15, 0.2) is 36.7 Å². The summed E-state index contributed by atoms with van der Waals surface area (Å²) in [5, 5.41) is 11.3. The largest absolute Gasteiger partial charge is 0.471 e. The number of aryl methyl sites for hydroxylation is 2. The summed E-state index contributed by atoms with van der Waals surface area (Å²) < 4.78 is 21.9. The minimum atomic E-state index is -0.512. The van der Waals surface area contributed by atoms with E-state index in [2.05, 4.69) is 15.5 Å². The van der Waals surface area contributed by atoms with Crippen LogP contribution in [0.25, 0.3) is 0 Å². The first kappa shape index (κ1) is 18.9. The van der Waals surface area contributed by atoms with Crippen LogP contribution in [0.5, 0.6) is 5.75 Å². The van der Waals surface area contributed by atoms with Crippen molar-refractivity contribution in [3.63, 3.8) is 0 Å². The Labute approximate surface area is 160 Å². The van der Waals surface area contributed by atoms with Gasteiger partial charge in [-0.3, -0.25) is 9.48 Å². The molecule has 0 saturated carbocycles. The molecule has 3 aromatic rings. The Morgan fingerprint density at radius 1 is 1.30 bits per heavy atom. The molecule has 142 valence electrons. The molecular weight excluding hydrogens is 373 g/mol. The fourth-order valence-corrected chi connectivity index (χ4v) is 2.59. The van der Waals surface area contributed by atoms with E-state index in [1.807, 2.05) is 24.7 Å². The maximum absolute atomic E-state index is 13.1. The molecule has 7 nitrogen and oxygen atoms in total. The van der Waals surface area contributed by atoms with Crippen LogP contribution in [0, 0.1) is 12.7 Å². The monoisotopic (exact) mass is 391 g/mol. The van der Waals surface area contributed by atoms with Gasteiger partial charge in [-0.25, -0.2) is 9.07 Å². The lowest BCUT2D eigenvalue weighted by Crippen LogP contribution is -2.23. The predicted octanol–water partition coefficient (Wildman–Crippen LogP) is 3.17. The lowest BCUT2D eigenvalue weighted by Gasteiger charge is -2.07. The third kappa shape index (κ3) is 4.65. The first-order chi connectivity index (χ1) is 13.0. The van der Waals surface area contributed by atoms with Gasteiger partial charge in [0.1, 0.15) is 17.3 Å². The highest BCUT2D eigenvalue weighted by atomic mass is 35.5. The van der Waals surface area contributed by atoms with Gasteiger partial charge in [0.25, 0.3) is 5.91 Å². The van der Waals surface area contributed by atoms with Crippen LogP contribution in [0.2, 0.25) is 5.02 Å². The molecule has 0 aliphatic rings. The average molecular weight is 392 g/mol. The van der Waals surface area contributed by atoms with Gasteiger partial charge in [0.15, 0.2) is 6.73 Å². The SMILES string of the molecule is CCn1cc(CNC(=O)c2ccn(COc3ccc(F)c(Cl)c3)n2)c(C)n1. The fourth-order valence-electron chi connectivity index (χ4n) is 2.42. The molecule has 0 saturated heterocycles. The Bertz CT molecular complexity index is 953. The third-order valence-corrected chi connectivity index (χ3v) is 4.23. The zero-order chi connectivity index (χ0) is 19.4. The van der Waals surface area contributed by atoms with Crippen molar-refractivity contribution < 1.29 is 13.9 Å². The van der Waals surface area contributed by atoms with Crippen molar-refractivity contribution in [1.82, 2.24) is 24.9 Å². The maximum Gasteiger partial charge on any atom is 0.272 e. The van der Waals surface area contributed by atoms with Gasteiger partial charge in [-0.15, -0.1) is 0 Å². The summed E-state index contributed by atoms with van der Waals surface area (Å²) in [5.74, 6) is -0.393. The number of carbonyl (C=O) groups excluding carboxylic acids is 1. The molecule has 0 spiro atoms. The molecule has 0 aliphatic carbocycles. The third-order valence-electron chi connectivity index (χ3n) is 3.94. The Morgan fingerprint density at radius 2 is 2.11 bits per heavy atom. The number of hydrogen-bond donors (Lipinski definition) is 1. The van der Waals surface area contributed by atoms with Crippen molar-refractivity contribution in [1.29, 1.82) is 0 Å². The smallest absolute Gasteiger partial charge is 0.272 e. The number of nitrogens with zero attached hydrogens (tertiary/aromatic N) is 4. The summed E-state index contributed by atoms with van der Waals surface area (Å²) in [5.41, 5.74) is 2.12. The second-order valence-electron chi connectivity index (χ2n) is 5.87. The van der Waals surface area contributed by atoms with E-state index < -0.39 is 5.82 Å². The van der Waals surface area contributed by atoms with Gasteiger partial charge in [-0.2, -0.15) is 10.2 Å². The molecule has 27 heavy (non-hydrogen) atoms. The molecule has 0 unspecified atom stereocenters. The van der Waals surface area contributed by atoms with Crippen molar-refractivity contribution in [2.24, 2.45) is 0 Å². The number of rotatable bonds is 7. The topological polar surface area (TPSA) is 74.0 Å². The van der Waals surface area contributed by atoms with E-state index in [0.29, 0.717) is 12.3 Å². The van der Waals surface area contributed by atoms with Crippen LogP contribution in [0.4, 0.5) is 4.39 Å². The molecule has 1 aromatic carbocycles. The number of amides is 1. The Kier molecular flexibility index (Phi) is 5.75. The van der Waals surface area contributed by atoms with Crippen LogP contribution < -0.4 is 10.1 Å². The number of nitrogens with one attached hydrogen (secondary N) is 1. The summed E-state index contributed by atoms with van der Waals surface area (Å²) in [6.45, 7) is 5.13. The molecule has 0 radical (unpaired) electrons. The van der Waals surface area contributed by atoms with E-state index in [1.54, 1.807) is 12.3 Å². The van der Waals surface area contributed by atoms with Gasteiger partial charge in [0.2, 0.25) is 0 Å². The molecule has 0 bridgehead atoms. The minimum absolute atomic E-state index is 0.0188. The summed E-state index contributed by atoms with van der Waals surface area (Å²) in [6, 6.07) is 5.67. The number of hydrogen-bond acceptors (Lipinski definition) is 4. The Hall–Kier alpha value is -2.87. The maximum atomic E-state index is 13.1. The summed E-state index contributed by atoms with van der Waals surface area (Å²) in [4.78, 5) is 12.3. The van der Waals surface area contributed by atoms with E-state index in [0.717, 1.165) is 17.8 Å². The summed E-state index contributed by atoms with van der Waals surface area (Å²) in [7, 11) is 0. The van der Waals surface area contributed by atoms with Crippen molar-refractivity contribution >= 4 is 17.5 Å². The normalized spacial score (nSPS) is 10.8. The van der Waals surface area contributed by atoms with Gasteiger partial charge in [0.05, 0.1) is 10.7 Å². The van der Waals surface area contributed by atoms with Crippen molar-refractivity contribution in [2.75, 3.05) is 0 Å². The Morgan fingerprint density at radius 3 is 2.81 bits per heavy atom. The van der Waals surface area contributed by atoms with Crippen LogP contribution in [-0.2, 0) is 19.8 Å². The van der Waals surface area contributed by atoms with Crippen LogP contribution in [0.3, 0.4) is 0 Å². The van der Waals surface area contributed by atoms with Gasteiger partial charge < -0.3 is 10.1 Å². The van der Waals surface area contributed by atoms with Gasteiger partial charge in [0, 0.05) is 37.1 Å².